The van der Waals surface area contributed by atoms with Crippen LogP contribution in [-0.2, 0) is 19.1 Å². The highest BCUT2D eigenvalue weighted by atomic mass is 35.7. The average Bonchev–Trinajstić information content (AvgIpc) is 2.27. The lowest BCUT2D eigenvalue weighted by Gasteiger charge is -2.19. The normalized spacial score (nSPS) is 12.9. The van der Waals surface area contributed by atoms with Gasteiger partial charge in [0, 0.05) is 10.7 Å². The molecule has 0 unspecified atom stereocenters. The molecule has 104 valence electrons. The van der Waals surface area contributed by atoms with Crippen molar-refractivity contribution in [2.24, 2.45) is 0 Å². The van der Waals surface area contributed by atoms with Crippen LogP contribution in [0.5, 0.6) is 0 Å². The van der Waals surface area contributed by atoms with Gasteiger partial charge >= 0.3 is 0 Å². The Hall–Kier alpha value is -1.07. The van der Waals surface area contributed by atoms with Gasteiger partial charge in [0.25, 0.3) is 9.05 Å². The quantitative estimate of drug-likeness (QED) is 0.669. The SMILES string of the molecule is C#CC(C)(C)NS(=O)(=O)c1cccc(S(=O)(=O)Cl)c1. The van der Waals surface area contributed by atoms with Crippen LogP contribution in [0.2, 0.25) is 0 Å². The summed E-state index contributed by atoms with van der Waals surface area (Å²) >= 11 is 0. The summed E-state index contributed by atoms with van der Waals surface area (Å²) < 4.78 is 48.7. The maximum Gasteiger partial charge on any atom is 0.261 e. The van der Waals surface area contributed by atoms with Gasteiger partial charge in [0.05, 0.1) is 15.3 Å². The Morgan fingerprint density at radius 2 is 1.74 bits per heavy atom. The van der Waals surface area contributed by atoms with Gasteiger partial charge in [-0.15, -0.1) is 6.42 Å². The molecule has 1 aromatic carbocycles. The van der Waals surface area contributed by atoms with Crippen molar-refractivity contribution >= 4 is 29.8 Å². The largest absolute Gasteiger partial charge is 0.261 e. The monoisotopic (exact) mass is 321 g/mol. The van der Waals surface area contributed by atoms with Crippen molar-refractivity contribution in [2.45, 2.75) is 29.2 Å². The van der Waals surface area contributed by atoms with Crippen molar-refractivity contribution in [1.29, 1.82) is 0 Å². The number of hydrogen-bond acceptors (Lipinski definition) is 4. The molecule has 0 aromatic heterocycles. The van der Waals surface area contributed by atoms with E-state index in [4.69, 9.17) is 17.1 Å². The number of nitrogens with one attached hydrogen (secondary N) is 1. The van der Waals surface area contributed by atoms with Crippen molar-refractivity contribution in [3.05, 3.63) is 24.3 Å². The Morgan fingerprint density at radius 3 is 2.21 bits per heavy atom. The molecular weight excluding hydrogens is 310 g/mol. The number of benzene rings is 1. The number of halogens is 1. The predicted octanol–water partition coefficient (Wildman–Crippen LogP) is 1.30. The smallest absolute Gasteiger partial charge is 0.207 e. The van der Waals surface area contributed by atoms with E-state index in [2.05, 4.69) is 10.6 Å². The van der Waals surface area contributed by atoms with Crippen LogP contribution in [-0.4, -0.2) is 22.4 Å². The van der Waals surface area contributed by atoms with Crippen LogP contribution in [0.15, 0.2) is 34.1 Å². The molecule has 0 spiro atoms. The maximum absolute atomic E-state index is 12.0. The number of terminal acetylenes is 1. The van der Waals surface area contributed by atoms with E-state index in [1.54, 1.807) is 0 Å². The van der Waals surface area contributed by atoms with Gasteiger partial charge in [-0.2, -0.15) is 4.72 Å². The highest BCUT2D eigenvalue weighted by Gasteiger charge is 2.25. The van der Waals surface area contributed by atoms with Gasteiger partial charge in [0.1, 0.15) is 0 Å². The van der Waals surface area contributed by atoms with Crippen LogP contribution in [0.1, 0.15) is 13.8 Å². The molecular formula is C11H12ClNO4S2. The van der Waals surface area contributed by atoms with Crippen LogP contribution in [0.3, 0.4) is 0 Å². The molecule has 0 aliphatic rings. The number of sulfonamides is 1. The summed E-state index contributed by atoms with van der Waals surface area (Å²) in [6.07, 6.45) is 5.20. The Labute approximate surface area is 117 Å². The van der Waals surface area contributed by atoms with E-state index in [1.165, 1.54) is 32.0 Å². The molecule has 0 fully saturated rings. The van der Waals surface area contributed by atoms with E-state index in [0.29, 0.717) is 0 Å². The highest BCUT2D eigenvalue weighted by molar-refractivity contribution is 8.13. The van der Waals surface area contributed by atoms with E-state index in [1.807, 2.05) is 0 Å². The molecule has 0 bridgehead atoms. The van der Waals surface area contributed by atoms with Crippen LogP contribution < -0.4 is 4.72 Å². The molecule has 19 heavy (non-hydrogen) atoms. The molecule has 1 aromatic rings. The number of hydrogen-bond donors (Lipinski definition) is 1. The van der Waals surface area contributed by atoms with E-state index in [9.17, 15) is 16.8 Å². The lowest BCUT2D eigenvalue weighted by molar-refractivity contribution is 0.539. The van der Waals surface area contributed by atoms with Crippen LogP contribution in [0, 0.1) is 12.3 Å². The third-order valence-corrected chi connectivity index (χ3v) is 5.15. The van der Waals surface area contributed by atoms with Crippen molar-refractivity contribution in [3.63, 3.8) is 0 Å². The maximum atomic E-state index is 12.0. The Balaban J connectivity index is 3.29. The summed E-state index contributed by atoms with van der Waals surface area (Å²) in [6.45, 7) is 3.01. The molecule has 0 atom stereocenters. The Bertz CT molecular complexity index is 730. The predicted molar refractivity (Wildman–Crippen MR) is 72.7 cm³/mol. The van der Waals surface area contributed by atoms with Crippen molar-refractivity contribution in [3.8, 4) is 12.3 Å². The fraction of sp³-hybridized carbons (Fsp3) is 0.273. The standard InChI is InChI=1S/C11H12ClNO4S2/c1-4-11(2,3)13-19(16,17)10-7-5-6-9(8-10)18(12,14)15/h1,5-8,13H,2-3H3. The molecule has 8 heteroatoms. The fourth-order valence-electron chi connectivity index (χ4n) is 1.22. The van der Waals surface area contributed by atoms with Gasteiger partial charge in [-0.1, -0.05) is 12.0 Å². The first-order valence-electron chi connectivity index (χ1n) is 5.04. The average molecular weight is 322 g/mol. The third kappa shape index (κ3) is 4.21. The Kier molecular flexibility index (Phi) is 4.32. The topological polar surface area (TPSA) is 80.3 Å². The van der Waals surface area contributed by atoms with Crippen LogP contribution >= 0.6 is 10.7 Å². The minimum atomic E-state index is -4.00. The van der Waals surface area contributed by atoms with Gasteiger partial charge < -0.3 is 0 Å². The minimum absolute atomic E-state index is 0.224. The van der Waals surface area contributed by atoms with Gasteiger partial charge in [-0.25, -0.2) is 16.8 Å². The zero-order valence-electron chi connectivity index (χ0n) is 10.2. The first kappa shape index (κ1) is 16.0. The van der Waals surface area contributed by atoms with E-state index in [0.717, 1.165) is 6.07 Å². The second-order valence-corrected chi connectivity index (χ2v) is 8.54. The highest BCUT2D eigenvalue weighted by Crippen LogP contribution is 2.20. The lowest BCUT2D eigenvalue weighted by Crippen LogP contribution is -2.41. The van der Waals surface area contributed by atoms with Gasteiger partial charge in [-0.05, 0) is 32.0 Å². The third-order valence-electron chi connectivity index (χ3n) is 2.15. The van der Waals surface area contributed by atoms with E-state index >= 15 is 0 Å². The summed E-state index contributed by atoms with van der Waals surface area (Å²) in [5, 5.41) is 0. The number of rotatable bonds is 4. The summed E-state index contributed by atoms with van der Waals surface area (Å²) in [4.78, 5) is -0.520. The van der Waals surface area contributed by atoms with Crippen LogP contribution in [0.4, 0.5) is 0 Å². The molecule has 0 heterocycles. The zero-order chi connectivity index (χ0) is 14.9. The summed E-state index contributed by atoms with van der Waals surface area (Å²) in [5.41, 5.74) is -1.09. The van der Waals surface area contributed by atoms with Crippen molar-refractivity contribution in [2.75, 3.05) is 0 Å². The summed E-state index contributed by atoms with van der Waals surface area (Å²) in [7, 11) is -2.76. The zero-order valence-corrected chi connectivity index (χ0v) is 12.6. The molecule has 1 rings (SSSR count). The first-order valence-corrected chi connectivity index (χ1v) is 8.84. The second kappa shape index (κ2) is 5.13. The first-order chi connectivity index (χ1) is 8.48. The molecule has 5 nitrogen and oxygen atoms in total. The van der Waals surface area contributed by atoms with E-state index in [-0.39, 0.29) is 9.79 Å². The molecule has 0 amide bonds. The lowest BCUT2D eigenvalue weighted by atomic mass is 10.1. The van der Waals surface area contributed by atoms with E-state index < -0.39 is 24.6 Å². The Morgan fingerprint density at radius 1 is 1.21 bits per heavy atom. The second-order valence-electron chi connectivity index (χ2n) is 4.29. The molecule has 0 saturated heterocycles. The molecule has 0 saturated carbocycles. The van der Waals surface area contributed by atoms with Gasteiger partial charge in [-0.3, -0.25) is 0 Å². The van der Waals surface area contributed by atoms with Gasteiger partial charge in [0.15, 0.2) is 0 Å². The summed E-state index contributed by atoms with van der Waals surface area (Å²) in [5.74, 6) is 2.28. The molecule has 1 N–H and O–H groups in total. The van der Waals surface area contributed by atoms with Crippen molar-refractivity contribution in [1.82, 2.24) is 4.72 Å². The van der Waals surface area contributed by atoms with Crippen molar-refractivity contribution < 1.29 is 16.8 Å². The minimum Gasteiger partial charge on any atom is -0.207 e. The molecule has 0 radical (unpaired) electrons. The van der Waals surface area contributed by atoms with Gasteiger partial charge in [0.2, 0.25) is 10.0 Å². The van der Waals surface area contributed by atoms with Crippen LogP contribution in [0.25, 0.3) is 0 Å². The molecule has 0 aliphatic carbocycles. The molecule has 0 aliphatic heterocycles. The fourth-order valence-corrected chi connectivity index (χ4v) is 3.48. The summed E-state index contributed by atoms with van der Waals surface area (Å²) in [6, 6.07) is 4.71.